The number of rotatable bonds is 0. The van der Waals surface area contributed by atoms with Crippen molar-refractivity contribution in [1.82, 2.24) is 0 Å². The Morgan fingerprint density at radius 3 is 1.67 bits per heavy atom. The minimum Gasteiger partial charge on any atom is -0.309 e. The molecule has 1 radical (unpaired) electrons. The molecule has 0 aliphatic heterocycles. The Bertz CT molecular complexity index is 185. The van der Waals surface area contributed by atoms with Gasteiger partial charge in [0.1, 0.15) is 0 Å². The van der Waals surface area contributed by atoms with Crippen LogP contribution >= 0.6 is 18.1 Å². The highest BCUT2D eigenvalue weighted by Crippen LogP contribution is 2.06. The maximum absolute atomic E-state index is 4.90. The van der Waals surface area contributed by atoms with Crippen molar-refractivity contribution in [2.24, 2.45) is 0 Å². The summed E-state index contributed by atoms with van der Waals surface area (Å²) in [5.41, 5.74) is 3.69. The van der Waals surface area contributed by atoms with Gasteiger partial charge in [-0.05, 0) is 26.3 Å². The van der Waals surface area contributed by atoms with Gasteiger partial charge in [0.15, 0.2) is 0 Å². The second-order valence-electron chi connectivity index (χ2n) is 2.60. The molecule has 0 saturated carbocycles. The molecule has 1 aromatic carbocycles. The third-order valence-corrected chi connectivity index (χ3v) is 1.28. The molecule has 0 nitrogen and oxygen atoms in total. The number of benzene rings is 1. The lowest BCUT2D eigenvalue weighted by Gasteiger charge is -1.96. The first kappa shape index (κ1) is 12.6. The van der Waals surface area contributed by atoms with E-state index in [1.165, 1.54) is 11.1 Å². The third kappa shape index (κ3) is 6.12. The van der Waals surface area contributed by atoms with E-state index in [1.807, 2.05) is 0 Å². The van der Waals surface area contributed by atoms with Crippen molar-refractivity contribution in [3.05, 3.63) is 41.8 Å². The van der Waals surface area contributed by atoms with Gasteiger partial charge < -0.3 is 18.1 Å². The van der Waals surface area contributed by atoms with Crippen molar-refractivity contribution in [2.45, 2.75) is 13.8 Å². The number of hydrogen-bond donors (Lipinski definition) is 0. The van der Waals surface area contributed by atoms with E-state index in [0.717, 1.165) is 5.56 Å². The first-order valence-corrected chi connectivity index (χ1v) is 7.90. The van der Waals surface area contributed by atoms with E-state index < -0.39 is 18.2 Å². The quantitative estimate of drug-likeness (QED) is 0.580. The van der Waals surface area contributed by atoms with Crippen LogP contribution < -0.4 is 0 Å². The van der Waals surface area contributed by atoms with Crippen LogP contribution in [0, 0.1) is 20.8 Å². The molecule has 0 saturated heterocycles. The second-order valence-corrected chi connectivity index (χ2v) is 5.22. The molecule has 1 rings (SSSR count). The van der Waals surface area contributed by atoms with Crippen LogP contribution in [0.4, 0.5) is 0 Å². The molecule has 0 bridgehead atoms. The Morgan fingerprint density at radius 2 is 1.42 bits per heavy atom. The number of hydrogen-bond acceptors (Lipinski definition) is 0. The summed E-state index contributed by atoms with van der Waals surface area (Å²) in [5, 5.41) is 0. The van der Waals surface area contributed by atoms with Crippen LogP contribution in [0.3, 0.4) is 0 Å². The van der Waals surface area contributed by atoms with Crippen LogP contribution in [0.25, 0.3) is 0 Å². The van der Waals surface area contributed by atoms with Crippen molar-refractivity contribution >= 4 is 36.3 Å². The van der Waals surface area contributed by atoms with E-state index >= 15 is 0 Å². The van der Waals surface area contributed by atoms with Crippen LogP contribution in [0.1, 0.15) is 16.7 Å². The lowest BCUT2D eigenvalue weighted by molar-refractivity contribution is 1.36. The summed E-state index contributed by atoms with van der Waals surface area (Å²) in [6.45, 7) is 8.01. The van der Waals surface area contributed by atoms with Gasteiger partial charge in [-0.15, -0.1) is 0 Å². The molecule has 0 aliphatic rings. The van der Waals surface area contributed by atoms with Crippen molar-refractivity contribution in [1.29, 1.82) is 0 Å². The molecule has 0 amide bonds. The molecule has 0 N–H and O–H groups in total. The summed E-state index contributed by atoms with van der Waals surface area (Å²) in [6, 6.07) is 6.30. The van der Waals surface area contributed by atoms with Crippen LogP contribution in [0.5, 0.6) is 0 Å². The molecular weight excluding hydrogens is 203 g/mol. The summed E-state index contributed by atoms with van der Waals surface area (Å²) in [6.07, 6.45) is 0. The molecule has 3 heteroatoms. The van der Waals surface area contributed by atoms with Crippen molar-refractivity contribution in [3.8, 4) is 0 Å². The maximum atomic E-state index is 4.90. The Labute approximate surface area is 91.5 Å². The van der Waals surface area contributed by atoms with E-state index in [-0.39, 0.29) is 0 Å². The van der Waals surface area contributed by atoms with E-state index in [0.29, 0.717) is 0 Å². The molecule has 0 unspecified atom stereocenters. The predicted octanol–water partition coefficient (Wildman–Crippen LogP) is 3.48. The minimum atomic E-state index is -0.639. The van der Waals surface area contributed by atoms with Crippen molar-refractivity contribution < 1.29 is 0 Å². The van der Waals surface area contributed by atoms with Gasteiger partial charge in [0, 0.05) is 0 Å². The van der Waals surface area contributed by atoms with Crippen LogP contribution in [-0.4, -0.2) is 18.2 Å². The standard InChI is InChI=1S/C9H11.2ClH.Mg/c1-7-4-8(2)6-9(3)5-7;;;/h4-6H,1H2,2-3H3;2*1H;/q;;;+2/p-2. The summed E-state index contributed by atoms with van der Waals surface area (Å²) in [5.74, 6) is 0. The zero-order valence-corrected chi connectivity index (χ0v) is 10.3. The lowest BCUT2D eigenvalue weighted by Crippen LogP contribution is -1.78. The SMILES string of the molecule is [CH2]c1cc(C)cc(C)c1.[Cl][Mg][Cl]. The summed E-state index contributed by atoms with van der Waals surface area (Å²) in [4.78, 5) is 0. The average Bonchev–Trinajstić information content (AvgIpc) is 1.84. The van der Waals surface area contributed by atoms with Crippen LogP contribution in [0.15, 0.2) is 18.2 Å². The molecule has 0 aromatic heterocycles. The van der Waals surface area contributed by atoms with Crippen molar-refractivity contribution in [2.75, 3.05) is 0 Å². The maximum Gasteiger partial charge on any atom is 0.618 e. The van der Waals surface area contributed by atoms with Crippen molar-refractivity contribution in [3.63, 3.8) is 0 Å². The lowest BCUT2D eigenvalue weighted by atomic mass is 10.1. The fourth-order valence-electron chi connectivity index (χ4n) is 1.07. The van der Waals surface area contributed by atoms with Crippen LogP contribution in [-0.2, 0) is 0 Å². The van der Waals surface area contributed by atoms with Gasteiger partial charge in [0.2, 0.25) is 0 Å². The largest absolute Gasteiger partial charge is 0.618 e. The van der Waals surface area contributed by atoms with E-state index in [4.69, 9.17) is 18.1 Å². The predicted molar refractivity (Wildman–Crippen MR) is 57.8 cm³/mol. The van der Waals surface area contributed by atoms with Gasteiger partial charge in [-0.1, -0.05) is 29.3 Å². The Hall–Kier alpha value is 0.566. The van der Waals surface area contributed by atoms with Crippen LogP contribution in [0.2, 0.25) is 0 Å². The molecule has 0 aliphatic carbocycles. The Morgan fingerprint density at radius 1 is 1.08 bits per heavy atom. The fourth-order valence-corrected chi connectivity index (χ4v) is 1.07. The summed E-state index contributed by atoms with van der Waals surface area (Å²) in [7, 11) is 9.81. The molecule has 0 spiro atoms. The molecular formula is C9H11Cl2Mg. The Balaban J connectivity index is 0.000000354. The second kappa shape index (κ2) is 7.02. The van der Waals surface area contributed by atoms with Gasteiger partial charge >= 0.3 is 18.2 Å². The number of halogens is 2. The van der Waals surface area contributed by atoms with E-state index in [9.17, 15) is 0 Å². The topological polar surface area (TPSA) is 0 Å². The van der Waals surface area contributed by atoms with Gasteiger partial charge in [-0.3, -0.25) is 0 Å². The molecule has 0 fully saturated rings. The summed E-state index contributed by atoms with van der Waals surface area (Å²) < 4.78 is 0. The normalized spacial score (nSPS) is 8.08. The zero-order chi connectivity index (χ0) is 9.56. The minimum absolute atomic E-state index is 0.639. The highest BCUT2D eigenvalue weighted by atomic mass is 35.6. The van der Waals surface area contributed by atoms with Gasteiger partial charge in [0.05, 0.1) is 0 Å². The van der Waals surface area contributed by atoms with E-state index in [1.54, 1.807) is 0 Å². The average molecular weight is 214 g/mol. The molecule has 0 heterocycles. The van der Waals surface area contributed by atoms with E-state index in [2.05, 4.69) is 39.0 Å². The first-order valence-electron chi connectivity index (χ1n) is 3.62. The third-order valence-electron chi connectivity index (χ3n) is 1.28. The monoisotopic (exact) mass is 213 g/mol. The van der Waals surface area contributed by atoms with Gasteiger partial charge in [-0.25, -0.2) is 0 Å². The molecule has 63 valence electrons. The van der Waals surface area contributed by atoms with Gasteiger partial charge in [0.25, 0.3) is 0 Å². The molecule has 1 aromatic rings. The number of aryl methyl sites for hydroxylation is 2. The first-order chi connectivity index (χ1) is 5.60. The summed E-state index contributed by atoms with van der Waals surface area (Å²) >= 11 is -0.639. The Kier molecular flexibility index (Phi) is 7.35. The highest BCUT2D eigenvalue weighted by molar-refractivity contribution is 7.22. The fraction of sp³-hybridized carbons (Fsp3) is 0.222. The smallest absolute Gasteiger partial charge is 0.309 e. The van der Waals surface area contributed by atoms with Gasteiger partial charge in [-0.2, -0.15) is 0 Å². The zero-order valence-electron chi connectivity index (χ0n) is 7.40. The molecule has 0 atom stereocenters. The molecule has 12 heavy (non-hydrogen) atoms. The highest BCUT2D eigenvalue weighted by Gasteiger charge is 1.87.